The van der Waals surface area contributed by atoms with E-state index in [2.05, 4.69) is 11.1 Å². The maximum Gasteiger partial charge on any atom is 0.161 e. The lowest BCUT2D eigenvalue weighted by molar-refractivity contribution is 0.355. The highest BCUT2D eigenvalue weighted by atomic mass is 32.1. The van der Waals surface area contributed by atoms with E-state index >= 15 is 0 Å². The number of benzene rings is 2. The summed E-state index contributed by atoms with van der Waals surface area (Å²) in [5.74, 6) is 0.895. The van der Waals surface area contributed by atoms with Gasteiger partial charge in [0.15, 0.2) is 11.5 Å². The molecule has 0 unspecified atom stereocenters. The van der Waals surface area contributed by atoms with Crippen LogP contribution in [0, 0.1) is 17.1 Å². The number of aromatic nitrogens is 1. The third-order valence-corrected chi connectivity index (χ3v) is 4.57. The SMILES string of the molecule is COc1ccc(-c2csc(C(C#N)=Cc3cccc(F)c3)n2)cc1OC. The average Bonchev–Trinajstić information content (AvgIpc) is 3.15. The van der Waals surface area contributed by atoms with Crippen molar-refractivity contribution < 1.29 is 13.9 Å². The molecule has 0 saturated heterocycles. The Bertz CT molecular complexity index is 1010. The second-order valence-corrected chi connectivity index (χ2v) is 6.19. The van der Waals surface area contributed by atoms with E-state index in [9.17, 15) is 9.65 Å². The van der Waals surface area contributed by atoms with Gasteiger partial charge in [-0.3, -0.25) is 0 Å². The summed E-state index contributed by atoms with van der Waals surface area (Å²) in [4.78, 5) is 4.54. The number of hydrogen-bond donors (Lipinski definition) is 0. The van der Waals surface area contributed by atoms with E-state index < -0.39 is 0 Å². The molecule has 1 aromatic heterocycles. The first-order valence-electron chi connectivity index (χ1n) is 7.70. The molecule has 0 radical (unpaired) electrons. The van der Waals surface area contributed by atoms with Crippen molar-refractivity contribution in [2.24, 2.45) is 0 Å². The van der Waals surface area contributed by atoms with Crippen molar-refractivity contribution in [2.45, 2.75) is 0 Å². The quantitative estimate of drug-likeness (QED) is 0.594. The lowest BCUT2D eigenvalue weighted by Crippen LogP contribution is -1.91. The summed E-state index contributed by atoms with van der Waals surface area (Å²) in [5, 5.41) is 11.9. The molecule has 2 aromatic carbocycles. The first kappa shape index (κ1) is 17.6. The predicted molar refractivity (Wildman–Crippen MR) is 101 cm³/mol. The van der Waals surface area contributed by atoms with Crippen molar-refractivity contribution in [3.63, 3.8) is 0 Å². The van der Waals surface area contributed by atoms with Gasteiger partial charge in [0.25, 0.3) is 0 Å². The minimum Gasteiger partial charge on any atom is -0.493 e. The Kier molecular flexibility index (Phi) is 5.30. The van der Waals surface area contributed by atoms with Gasteiger partial charge in [0.2, 0.25) is 0 Å². The maximum absolute atomic E-state index is 13.3. The van der Waals surface area contributed by atoms with Gasteiger partial charge in [-0.2, -0.15) is 5.26 Å². The first-order valence-corrected chi connectivity index (χ1v) is 8.58. The van der Waals surface area contributed by atoms with E-state index in [4.69, 9.17) is 9.47 Å². The first-order chi connectivity index (χ1) is 12.6. The third kappa shape index (κ3) is 3.73. The van der Waals surface area contributed by atoms with E-state index in [-0.39, 0.29) is 5.82 Å². The topological polar surface area (TPSA) is 55.1 Å². The molecule has 3 rings (SSSR count). The van der Waals surface area contributed by atoms with Crippen LogP contribution in [0.3, 0.4) is 0 Å². The fourth-order valence-electron chi connectivity index (χ4n) is 2.43. The van der Waals surface area contributed by atoms with Crippen LogP contribution in [0.4, 0.5) is 4.39 Å². The van der Waals surface area contributed by atoms with Gasteiger partial charge in [-0.05, 0) is 42.0 Å². The molecule has 0 aliphatic carbocycles. The van der Waals surface area contributed by atoms with Crippen LogP contribution >= 0.6 is 11.3 Å². The van der Waals surface area contributed by atoms with Crippen LogP contribution in [-0.4, -0.2) is 19.2 Å². The minimum atomic E-state index is -0.346. The number of nitrogens with zero attached hydrogens (tertiary/aromatic N) is 2. The van der Waals surface area contributed by atoms with Gasteiger partial charge in [0.05, 0.1) is 25.5 Å². The average molecular weight is 366 g/mol. The molecule has 26 heavy (non-hydrogen) atoms. The molecular weight excluding hydrogens is 351 g/mol. The number of hydrogen-bond acceptors (Lipinski definition) is 5. The number of nitriles is 1. The van der Waals surface area contributed by atoms with Crippen molar-refractivity contribution in [2.75, 3.05) is 14.2 Å². The summed E-state index contributed by atoms with van der Waals surface area (Å²) < 4.78 is 23.9. The Morgan fingerprint density at radius 1 is 1.15 bits per heavy atom. The summed E-state index contributed by atoms with van der Waals surface area (Å²) in [6.07, 6.45) is 1.63. The standard InChI is InChI=1S/C20H15FN2O2S/c1-24-18-7-6-14(10-19(18)25-2)17-12-26-20(23-17)15(11-22)8-13-4-3-5-16(21)9-13/h3-10,12H,1-2H3. The van der Waals surface area contributed by atoms with Gasteiger partial charge >= 0.3 is 0 Å². The summed E-state index contributed by atoms with van der Waals surface area (Å²) in [6.45, 7) is 0. The lowest BCUT2D eigenvalue weighted by atomic mass is 10.1. The van der Waals surface area contributed by atoms with E-state index in [1.165, 1.54) is 23.5 Å². The highest BCUT2D eigenvalue weighted by Crippen LogP contribution is 2.33. The Morgan fingerprint density at radius 2 is 1.96 bits per heavy atom. The molecule has 0 spiro atoms. The van der Waals surface area contributed by atoms with Crippen LogP contribution in [0.25, 0.3) is 22.9 Å². The zero-order valence-electron chi connectivity index (χ0n) is 14.2. The molecule has 1 heterocycles. The molecule has 0 amide bonds. The molecule has 130 valence electrons. The monoisotopic (exact) mass is 366 g/mol. The van der Waals surface area contributed by atoms with Crippen LogP contribution in [0.5, 0.6) is 11.5 Å². The van der Waals surface area contributed by atoms with Gasteiger partial charge in [0.1, 0.15) is 16.9 Å². The highest BCUT2D eigenvalue weighted by molar-refractivity contribution is 7.11. The van der Waals surface area contributed by atoms with Crippen LogP contribution in [-0.2, 0) is 0 Å². The molecule has 0 aliphatic heterocycles. The molecule has 0 bridgehead atoms. The van der Waals surface area contributed by atoms with E-state index in [1.54, 1.807) is 38.5 Å². The van der Waals surface area contributed by atoms with Crippen LogP contribution in [0.15, 0.2) is 47.8 Å². The molecule has 0 fully saturated rings. The molecule has 0 saturated carbocycles. The normalized spacial score (nSPS) is 11.1. The highest BCUT2D eigenvalue weighted by Gasteiger charge is 2.12. The molecular formula is C20H15FN2O2S. The smallest absolute Gasteiger partial charge is 0.161 e. The second-order valence-electron chi connectivity index (χ2n) is 5.33. The number of allylic oxidation sites excluding steroid dienone is 1. The van der Waals surface area contributed by atoms with Crippen molar-refractivity contribution in [3.8, 4) is 28.8 Å². The number of rotatable bonds is 5. The van der Waals surface area contributed by atoms with Crippen molar-refractivity contribution in [3.05, 3.63) is 64.2 Å². The van der Waals surface area contributed by atoms with Crippen LogP contribution in [0.2, 0.25) is 0 Å². The van der Waals surface area contributed by atoms with Crippen LogP contribution < -0.4 is 9.47 Å². The molecule has 0 aliphatic rings. The zero-order chi connectivity index (χ0) is 18.5. The fourth-order valence-corrected chi connectivity index (χ4v) is 3.23. The van der Waals surface area contributed by atoms with Crippen molar-refractivity contribution >= 4 is 23.0 Å². The van der Waals surface area contributed by atoms with Crippen molar-refractivity contribution in [1.82, 2.24) is 4.98 Å². The minimum absolute atomic E-state index is 0.346. The maximum atomic E-state index is 13.3. The summed E-state index contributed by atoms with van der Waals surface area (Å²) in [5.41, 5.74) is 2.58. The largest absolute Gasteiger partial charge is 0.493 e. The van der Waals surface area contributed by atoms with Gasteiger partial charge < -0.3 is 9.47 Å². The Labute approximate surface area is 154 Å². The number of halogens is 1. The fraction of sp³-hybridized carbons (Fsp3) is 0.100. The second kappa shape index (κ2) is 7.81. The Morgan fingerprint density at radius 3 is 2.65 bits per heavy atom. The number of methoxy groups -OCH3 is 2. The van der Waals surface area contributed by atoms with Crippen molar-refractivity contribution in [1.29, 1.82) is 5.26 Å². The molecule has 0 atom stereocenters. The summed E-state index contributed by atoms with van der Waals surface area (Å²) in [6, 6.07) is 13.7. The Hall–Kier alpha value is -3.17. The van der Waals surface area contributed by atoms with E-state index in [0.29, 0.717) is 27.6 Å². The van der Waals surface area contributed by atoms with Gasteiger partial charge in [-0.1, -0.05) is 12.1 Å². The molecule has 6 heteroatoms. The van der Waals surface area contributed by atoms with Crippen LogP contribution in [0.1, 0.15) is 10.6 Å². The van der Waals surface area contributed by atoms with Gasteiger partial charge in [-0.15, -0.1) is 11.3 Å². The third-order valence-electron chi connectivity index (χ3n) is 3.69. The number of ether oxygens (including phenoxy) is 2. The zero-order valence-corrected chi connectivity index (χ0v) is 15.0. The Balaban J connectivity index is 1.95. The molecule has 0 N–H and O–H groups in total. The molecule has 4 nitrogen and oxygen atoms in total. The molecule has 3 aromatic rings. The van der Waals surface area contributed by atoms with E-state index in [0.717, 1.165) is 11.3 Å². The number of thiazole rings is 1. The lowest BCUT2D eigenvalue weighted by Gasteiger charge is -2.08. The van der Waals surface area contributed by atoms with Gasteiger partial charge in [-0.25, -0.2) is 9.37 Å². The predicted octanol–water partition coefficient (Wildman–Crippen LogP) is 5.03. The van der Waals surface area contributed by atoms with E-state index in [1.807, 2.05) is 17.5 Å². The van der Waals surface area contributed by atoms with Gasteiger partial charge in [0, 0.05) is 10.9 Å². The summed E-state index contributed by atoms with van der Waals surface area (Å²) >= 11 is 1.36. The summed E-state index contributed by atoms with van der Waals surface area (Å²) in [7, 11) is 3.15.